The van der Waals surface area contributed by atoms with E-state index in [1.54, 1.807) is 0 Å². The molecule has 1 aliphatic rings. The molecule has 3 nitrogen and oxygen atoms in total. The van der Waals surface area contributed by atoms with Gasteiger partial charge in [-0.15, -0.1) is 0 Å². The van der Waals surface area contributed by atoms with Crippen molar-refractivity contribution in [1.29, 1.82) is 0 Å². The van der Waals surface area contributed by atoms with E-state index in [1.165, 1.54) is 0 Å². The second-order valence-electron chi connectivity index (χ2n) is 6.32. The molecule has 0 aliphatic carbocycles. The minimum atomic E-state index is -0.0916. The number of anilines is 1. The van der Waals surface area contributed by atoms with Crippen LogP contribution < -0.4 is 10.2 Å². The number of carbonyl (C=O) groups is 1. The molecule has 4 heteroatoms. The van der Waals surface area contributed by atoms with E-state index in [4.69, 9.17) is 0 Å². The van der Waals surface area contributed by atoms with Gasteiger partial charge in [0, 0.05) is 16.7 Å². The molecule has 1 saturated heterocycles. The van der Waals surface area contributed by atoms with Crippen molar-refractivity contribution in [3.8, 4) is 0 Å². The average Bonchev–Trinajstić information content (AvgIpc) is 2.63. The summed E-state index contributed by atoms with van der Waals surface area (Å²) in [6.07, 6.45) is 3.14. The molecule has 24 heavy (non-hydrogen) atoms. The molecule has 0 radical (unpaired) electrons. The fourth-order valence-corrected chi connectivity index (χ4v) is 3.54. The predicted molar refractivity (Wildman–Crippen MR) is 102 cm³/mol. The van der Waals surface area contributed by atoms with Gasteiger partial charge in [-0.1, -0.05) is 46.3 Å². The molecular formula is C20H23BrN2O. The van der Waals surface area contributed by atoms with E-state index in [-0.39, 0.29) is 18.0 Å². The van der Waals surface area contributed by atoms with E-state index in [0.717, 1.165) is 41.5 Å². The lowest BCUT2D eigenvalue weighted by atomic mass is 9.99. The van der Waals surface area contributed by atoms with E-state index < -0.39 is 0 Å². The maximum Gasteiger partial charge on any atom is 0.243 e. The number of hydrogen-bond donors (Lipinski definition) is 1. The Morgan fingerprint density at radius 3 is 2.54 bits per heavy atom. The van der Waals surface area contributed by atoms with Crippen molar-refractivity contribution in [1.82, 2.24) is 5.32 Å². The molecule has 2 atom stereocenters. The third kappa shape index (κ3) is 3.99. The number of amides is 1. The summed E-state index contributed by atoms with van der Waals surface area (Å²) in [6, 6.07) is 18.3. The van der Waals surface area contributed by atoms with Crippen LogP contribution in [0.4, 0.5) is 5.69 Å². The van der Waals surface area contributed by atoms with Gasteiger partial charge in [-0.2, -0.15) is 0 Å². The number of hydrogen-bond acceptors (Lipinski definition) is 2. The van der Waals surface area contributed by atoms with E-state index in [1.807, 2.05) is 37.3 Å². The topological polar surface area (TPSA) is 32.3 Å². The Kier molecular flexibility index (Phi) is 5.56. The van der Waals surface area contributed by atoms with Gasteiger partial charge in [0.25, 0.3) is 0 Å². The number of nitrogens with one attached hydrogen (secondary N) is 1. The summed E-state index contributed by atoms with van der Waals surface area (Å²) in [5, 5.41) is 3.19. The van der Waals surface area contributed by atoms with Crippen LogP contribution in [-0.2, 0) is 4.79 Å². The average molecular weight is 387 g/mol. The highest BCUT2D eigenvalue weighted by atomic mass is 79.9. The van der Waals surface area contributed by atoms with Crippen molar-refractivity contribution in [3.05, 3.63) is 64.6 Å². The number of piperidine rings is 1. The highest BCUT2D eigenvalue weighted by Crippen LogP contribution is 2.27. The SMILES string of the molecule is CC(NC(=O)C1CCCCN1c1ccc(Br)cc1)c1ccccc1. The zero-order valence-corrected chi connectivity index (χ0v) is 15.5. The van der Waals surface area contributed by atoms with Gasteiger partial charge in [0.05, 0.1) is 6.04 Å². The first-order valence-electron chi connectivity index (χ1n) is 8.52. The fraction of sp³-hybridized carbons (Fsp3) is 0.350. The molecule has 2 unspecified atom stereocenters. The van der Waals surface area contributed by atoms with Crippen molar-refractivity contribution in [2.45, 2.75) is 38.3 Å². The van der Waals surface area contributed by atoms with Crippen LogP contribution in [-0.4, -0.2) is 18.5 Å². The monoisotopic (exact) mass is 386 g/mol. The van der Waals surface area contributed by atoms with E-state index in [0.29, 0.717) is 0 Å². The summed E-state index contributed by atoms with van der Waals surface area (Å²) < 4.78 is 1.06. The molecule has 1 aliphatic heterocycles. The minimum absolute atomic E-state index is 0.0207. The van der Waals surface area contributed by atoms with Gasteiger partial charge in [0.1, 0.15) is 6.04 Å². The van der Waals surface area contributed by atoms with Crippen molar-refractivity contribution >= 4 is 27.5 Å². The van der Waals surface area contributed by atoms with Gasteiger partial charge in [-0.25, -0.2) is 0 Å². The molecule has 1 fully saturated rings. The maximum absolute atomic E-state index is 12.9. The van der Waals surface area contributed by atoms with Crippen LogP contribution in [0.1, 0.15) is 37.8 Å². The summed E-state index contributed by atoms with van der Waals surface area (Å²) in [4.78, 5) is 15.1. The van der Waals surface area contributed by atoms with E-state index in [9.17, 15) is 4.79 Å². The smallest absolute Gasteiger partial charge is 0.243 e. The molecule has 0 spiro atoms. The van der Waals surface area contributed by atoms with Gasteiger partial charge in [0.15, 0.2) is 0 Å². The van der Waals surface area contributed by atoms with Gasteiger partial charge < -0.3 is 10.2 Å². The highest BCUT2D eigenvalue weighted by Gasteiger charge is 2.29. The minimum Gasteiger partial charge on any atom is -0.360 e. The largest absolute Gasteiger partial charge is 0.360 e. The summed E-state index contributed by atoms with van der Waals surface area (Å²) in [7, 11) is 0. The van der Waals surface area contributed by atoms with Gasteiger partial charge in [0.2, 0.25) is 5.91 Å². The first-order chi connectivity index (χ1) is 11.6. The zero-order valence-electron chi connectivity index (χ0n) is 13.9. The lowest BCUT2D eigenvalue weighted by molar-refractivity contribution is -0.123. The van der Waals surface area contributed by atoms with Crippen LogP contribution >= 0.6 is 15.9 Å². The first kappa shape index (κ1) is 17.0. The van der Waals surface area contributed by atoms with Crippen molar-refractivity contribution in [2.75, 3.05) is 11.4 Å². The van der Waals surface area contributed by atoms with Gasteiger partial charge in [-0.3, -0.25) is 4.79 Å². The molecular weight excluding hydrogens is 364 g/mol. The normalized spacial score (nSPS) is 18.9. The lowest BCUT2D eigenvalue weighted by Crippen LogP contribution is -2.50. The molecule has 1 amide bonds. The third-order valence-electron chi connectivity index (χ3n) is 4.62. The molecule has 1 heterocycles. The van der Waals surface area contributed by atoms with Crippen LogP contribution in [0.3, 0.4) is 0 Å². The molecule has 2 aromatic carbocycles. The second-order valence-corrected chi connectivity index (χ2v) is 7.24. The predicted octanol–water partition coefficient (Wildman–Crippen LogP) is 4.69. The Bertz CT molecular complexity index is 672. The third-order valence-corrected chi connectivity index (χ3v) is 5.15. The summed E-state index contributed by atoms with van der Waals surface area (Å²) in [5.41, 5.74) is 2.25. The van der Waals surface area contributed by atoms with Crippen LogP contribution in [0.5, 0.6) is 0 Å². The lowest BCUT2D eigenvalue weighted by Gasteiger charge is -2.37. The molecule has 0 saturated carbocycles. The van der Waals surface area contributed by atoms with Crippen LogP contribution in [0.15, 0.2) is 59.1 Å². The number of nitrogens with zero attached hydrogens (tertiary/aromatic N) is 1. The van der Waals surface area contributed by atoms with Crippen LogP contribution in [0, 0.1) is 0 Å². The number of rotatable bonds is 4. The maximum atomic E-state index is 12.9. The van der Waals surface area contributed by atoms with Crippen molar-refractivity contribution < 1.29 is 4.79 Å². The number of halogens is 1. The zero-order chi connectivity index (χ0) is 16.9. The van der Waals surface area contributed by atoms with E-state index >= 15 is 0 Å². The fourth-order valence-electron chi connectivity index (χ4n) is 3.28. The molecule has 0 aromatic heterocycles. The molecule has 0 bridgehead atoms. The molecule has 1 N–H and O–H groups in total. The molecule has 126 valence electrons. The summed E-state index contributed by atoms with van der Waals surface area (Å²) in [5.74, 6) is 0.119. The summed E-state index contributed by atoms with van der Waals surface area (Å²) in [6.45, 7) is 2.97. The quantitative estimate of drug-likeness (QED) is 0.826. The molecule has 3 rings (SSSR count). The first-order valence-corrected chi connectivity index (χ1v) is 9.32. The van der Waals surface area contributed by atoms with Crippen LogP contribution in [0.2, 0.25) is 0 Å². The Morgan fingerprint density at radius 1 is 1.12 bits per heavy atom. The summed E-state index contributed by atoms with van der Waals surface area (Å²) >= 11 is 3.47. The van der Waals surface area contributed by atoms with Crippen LogP contribution in [0.25, 0.3) is 0 Å². The van der Waals surface area contributed by atoms with E-state index in [2.05, 4.69) is 50.4 Å². The van der Waals surface area contributed by atoms with Crippen molar-refractivity contribution in [2.24, 2.45) is 0 Å². The highest BCUT2D eigenvalue weighted by molar-refractivity contribution is 9.10. The van der Waals surface area contributed by atoms with Gasteiger partial charge >= 0.3 is 0 Å². The number of benzene rings is 2. The standard InChI is InChI=1S/C20H23BrN2O/c1-15(16-7-3-2-4-8-16)22-20(24)19-9-5-6-14-23(19)18-12-10-17(21)11-13-18/h2-4,7-8,10-13,15,19H,5-6,9,14H2,1H3,(H,22,24). The Hall–Kier alpha value is -1.81. The second kappa shape index (κ2) is 7.84. The number of carbonyl (C=O) groups excluding carboxylic acids is 1. The van der Waals surface area contributed by atoms with Crippen molar-refractivity contribution in [3.63, 3.8) is 0 Å². The Labute approximate surface area is 152 Å². The Morgan fingerprint density at radius 2 is 1.83 bits per heavy atom. The molecule has 2 aromatic rings. The Balaban J connectivity index is 1.72. The van der Waals surface area contributed by atoms with Gasteiger partial charge in [-0.05, 0) is 56.0 Å².